The molecule has 0 aliphatic heterocycles. The van der Waals surface area contributed by atoms with Crippen LogP contribution in [0.25, 0.3) is 44.6 Å². The largest absolute Gasteiger partial charge is 0.507 e. The summed E-state index contributed by atoms with van der Waals surface area (Å²) in [6, 6.07) is 11.0. The molecule has 2 aromatic heterocycles. The maximum Gasteiger partial charge on any atom is 0.238 e. The number of hydrogen-bond acceptors (Lipinski definition) is 14. The van der Waals surface area contributed by atoms with Crippen molar-refractivity contribution >= 4 is 21.9 Å². The van der Waals surface area contributed by atoms with Gasteiger partial charge in [0.15, 0.2) is 34.2 Å². The lowest BCUT2D eigenvalue weighted by atomic mass is 9.98. The van der Waals surface area contributed by atoms with Gasteiger partial charge in [0.25, 0.3) is 0 Å². The summed E-state index contributed by atoms with van der Waals surface area (Å²) in [5, 5.41) is 83.7. The first-order chi connectivity index (χ1) is 25.6. The average Bonchev–Trinajstić information content (AvgIpc) is 3.13. The van der Waals surface area contributed by atoms with Gasteiger partial charge in [-0.05, 0) is 62.3 Å². The van der Waals surface area contributed by atoms with E-state index in [4.69, 9.17) is 8.83 Å². The second-order valence-corrected chi connectivity index (χ2v) is 13.3. The van der Waals surface area contributed by atoms with Crippen molar-refractivity contribution in [2.75, 3.05) is 27.2 Å². The molecule has 0 fully saturated rings. The van der Waals surface area contributed by atoms with E-state index in [1.165, 1.54) is 6.07 Å². The molecular weight excluding hydrogens is 700 g/mol. The van der Waals surface area contributed by atoms with Crippen LogP contribution in [0.2, 0.25) is 0 Å². The van der Waals surface area contributed by atoms with E-state index in [1.54, 1.807) is 25.1 Å². The monoisotopic (exact) mass is 740 g/mol. The summed E-state index contributed by atoms with van der Waals surface area (Å²) in [6.45, 7) is 4.73. The third-order valence-electron chi connectivity index (χ3n) is 9.59. The number of phenolic OH excluding ortho intramolecular Hbond substituents is 6. The number of hydrogen-bond donors (Lipinski definition) is 8. The molecule has 0 atom stereocenters. The van der Waals surface area contributed by atoms with E-state index in [1.807, 2.05) is 30.9 Å². The Balaban J connectivity index is 1.29. The van der Waals surface area contributed by atoms with Gasteiger partial charge in [0.1, 0.15) is 33.8 Å². The molecule has 14 nitrogen and oxygen atoms in total. The Kier molecular flexibility index (Phi) is 10.1. The molecule has 0 spiro atoms. The van der Waals surface area contributed by atoms with E-state index in [2.05, 4.69) is 0 Å². The molecule has 6 rings (SSSR count). The molecule has 0 bridgehead atoms. The first kappa shape index (κ1) is 37.4. The molecule has 0 amide bonds. The van der Waals surface area contributed by atoms with Gasteiger partial charge in [0, 0.05) is 49.4 Å². The minimum atomic E-state index is -0.979. The molecule has 0 saturated carbocycles. The van der Waals surface area contributed by atoms with E-state index in [9.17, 15) is 50.4 Å². The van der Waals surface area contributed by atoms with Crippen molar-refractivity contribution in [3.05, 3.63) is 91.2 Å². The fourth-order valence-corrected chi connectivity index (χ4v) is 6.59. The zero-order valence-electron chi connectivity index (χ0n) is 30.0. The molecule has 0 radical (unpaired) electrons. The molecule has 4 aromatic carbocycles. The van der Waals surface area contributed by atoms with Gasteiger partial charge >= 0.3 is 0 Å². The highest BCUT2D eigenvalue weighted by molar-refractivity contribution is 5.92. The third kappa shape index (κ3) is 6.68. The summed E-state index contributed by atoms with van der Waals surface area (Å²) in [6.07, 6.45) is 1.51. The van der Waals surface area contributed by atoms with Crippen LogP contribution in [-0.4, -0.2) is 77.8 Å². The van der Waals surface area contributed by atoms with E-state index in [0.717, 1.165) is 41.8 Å². The van der Waals surface area contributed by atoms with Crippen LogP contribution in [0.3, 0.4) is 0 Å². The van der Waals surface area contributed by atoms with E-state index < -0.39 is 51.1 Å². The van der Waals surface area contributed by atoms with Crippen LogP contribution < -0.4 is 10.9 Å². The Labute approximate surface area is 307 Å². The fraction of sp³-hybridized carbons (Fsp3) is 0.250. The van der Waals surface area contributed by atoms with Gasteiger partial charge in [-0.25, -0.2) is 0 Å². The lowest BCUT2D eigenvalue weighted by Gasteiger charge is -2.23. The van der Waals surface area contributed by atoms with Gasteiger partial charge in [-0.2, -0.15) is 0 Å². The first-order valence-electron chi connectivity index (χ1n) is 17.1. The number of phenols is 6. The van der Waals surface area contributed by atoms with Crippen LogP contribution in [0.1, 0.15) is 36.1 Å². The summed E-state index contributed by atoms with van der Waals surface area (Å²) in [7, 11) is 3.47. The van der Waals surface area contributed by atoms with Crippen molar-refractivity contribution in [3.8, 4) is 68.6 Å². The summed E-state index contributed by atoms with van der Waals surface area (Å²) in [4.78, 5) is 30.2. The number of fused-ring (bicyclic) bond motifs is 2. The molecule has 0 saturated heterocycles. The van der Waals surface area contributed by atoms with Gasteiger partial charge in [0.2, 0.25) is 22.4 Å². The molecule has 2 heterocycles. The number of rotatable bonds is 11. The zero-order chi connectivity index (χ0) is 39.2. The summed E-state index contributed by atoms with van der Waals surface area (Å²) in [5.41, 5.74) is 0.845. The highest BCUT2D eigenvalue weighted by atomic mass is 16.4. The molecule has 0 aliphatic carbocycles. The highest BCUT2D eigenvalue weighted by Crippen LogP contribution is 2.41. The van der Waals surface area contributed by atoms with Crippen molar-refractivity contribution in [2.24, 2.45) is 0 Å². The Morgan fingerprint density at radius 1 is 0.519 bits per heavy atom. The number of aromatic hydroxyl groups is 8. The summed E-state index contributed by atoms with van der Waals surface area (Å²) in [5.74, 6) is -4.82. The Morgan fingerprint density at radius 3 is 1.41 bits per heavy atom. The average molecular weight is 741 g/mol. The molecule has 282 valence electrons. The Bertz CT molecular complexity index is 2560. The van der Waals surface area contributed by atoms with Gasteiger partial charge < -0.3 is 59.5 Å². The smallest absolute Gasteiger partial charge is 0.238 e. The molecule has 54 heavy (non-hydrogen) atoms. The van der Waals surface area contributed by atoms with Crippen LogP contribution >= 0.6 is 0 Å². The predicted molar refractivity (Wildman–Crippen MR) is 201 cm³/mol. The lowest BCUT2D eigenvalue weighted by Crippen LogP contribution is -2.30. The number of nitrogens with zero attached hydrogens (tertiary/aromatic N) is 2. The number of benzene rings is 4. The standard InChI is InChI=1S/C40H40N2O12/c1-5-19-7-8-21(13-20(19)6-2)37-35(51)33(49)31-29(47)15-26(44)23(39(31)53-37)17-41(3)11-12-42(4)18-24-27(45)16-30(48)32-34(50)36(52)38(54-40(24)32)22-9-10-25(43)28(46)14-22/h7-10,13-16,43-48,51-52H,5-6,11-12,17-18H2,1-4H3. The first-order valence-corrected chi connectivity index (χ1v) is 17.1. The topological polar surface area (TPSA) is 229 Å². The maximum atomic E-state index is 13.4. The molecule has 14 heteroatoms. The lowest BCUT2D eigenvalue weighted by molar-refractivity contribution is 0.243. The van der Waals surface area contributed by atoms with Crippen LogP contribution in [0, 0.1) is 0 Å². The van der Waals surface area contributed by atoms with Crippen molar-refractivity contribution in [2.45, 2.75) is 39.8 Å². The quantitative estimate of drug-likeness (QED) is 0.0760. The van der Waals surface area contributed by atoms with Gasteiger partial charge in [-0.3, -0.25) is 9.59 Å². The second-order valence-electron chi connectivity index (χ2n) is 13.3. The van der Waals surface area contributed by atoms with Crippen molar-refractivity contribution in [1.29, 1.82) is 0 Å². The summed E-state index contributed by atoms with van der Waals surface area (Å²) >= 11 is 0. The predicted octanol–water partition coefficient (Wildman–Crippen LogP) is 5.57. The third-order valence-corrected chi connectivity index (χ3v) is 9.59. The molecule has 6 aromatic rings. The zero-order valence-corrected chi connectivity index (χ0v) is 30.0. The van der Waals surface area contributed by atoms with E-state index in [0.29, 0.717) is 25.1 Å². The molecular formula is C40H40N2O12. The van der Waals surface area contributed by atoms with Gasteiger partial charge in [0.05, 0.1) is 11.1 Å². The van der Waals surface area contributed by atoms with E-state index >= 15 is 0 Å². The molecule has 0 unspecified atom stereocenters. The fourth-order valence-electron chi connectivity index (χ4n) is 6.59. The van der Waals surface area contributed by atoms with Crippen LogP contribution in [0.4, 0.5) is 0 Å². The second kappa shape index (κ2) is 14.6. The molecule has 8 N–H and O–H groups in total. The number of likely N-dealkylation sites (N-methyl/N-ethyl adjacent to an activating group) is 2. The summed E-state index contributed by atoms with van der Waals surface area (Å²) < 4.78 is 12.0. The SMILES string of the molecule is CCc1ccc(-c2oc3c(CN(C)CCN(C)Cc4c(O)cc(O)c5c(=O)c(O)c(-c6ccc(O)c(O)c6)oc45)c(O)cc(O)c3c(=O)c2O)cc1CC. The molecule has 0 aliphatic rings. The van der Waals surface area contributed by atoms with Crippen LogP contribution in [0.15, 0.2) is 67.0 Å². The maximum absolute atomic E-state index is 13.4. The van der Waals surface area contributed by atoms with E-state index in [-0.39, 0.29) is 69.0 Å². The van der Waals surface area contributed by atoms with Crippen molar-refractivity contribution < 1.29 is 49.7 Å². The highest BCUT2D eigenvalue weighted by Gasteiger charge is 2.26. The minimum absolute atomic E-state index is 0.00803. The van der Waals surface area contributed by atoms with Crippen molar-refractivity contribution in [3.63, 3.8) is 0 Å². The minimum Gasteiger partial charge on any atom is -0.507 e. The van der Waals surface area contributed by atoms with Crippen LogP contribution in [-0.2, 0) is 25.9 Å². The van der Waals surface area contributed by atoms with Crippen molar-refractivity contribution in [1.82, 2.24) is 9.80 Å². The Hall–Kier alpha value is -6.38. The van der Waals surface area contributed by atoms with Crippen LogP contribution in [0.5, 0.6) is 46.0 Å². The van der Waals surface area contributed by atoms with Gasteiger partial charge in [-0.15, -0.1) is 0 Å². The van der Waals surface area contributed by atoms with Gasteiger partial charge in [-0.1, -0.05) is 26.0 Å². The Morgan fingerprint density at radius 2 is 0.963 bits per heavy atom. The number of aryl methyl sites for hydroxylation is 2. The normalized spacial score (nSPS) is 11.7.